The number of aliphatic imine (C=N–C) groups is 1. The minimum absolute atomic E-state index is 0.211. The molecule has 1 fully saturated rings. The molecule has 0 aromatic heterocycles. The van der Waals surface area contributed by atoms with Crippen molar-refractivity contribution >= 4 is 17.5 Å². The third kappa shape index (κ3) is 5.10. The number of hydrogen-bond donors (Lipinski definition) is 2. The van der Waals surface area contributed by atoms with Gasteiger partial charge in [0, 0.05) is 0 Å². The number of esters is 1. The van der Waals surface area contributed by atoms with E-state index >= 15 is 0 Å². The van der Waals surface area contributed by atoms with Crippen LogP contribution in [0, 0.1) is 0 Å². The molecule has 1 aliphatic rings. The van der Waals surface area contributed by atoms with Crippen LogP contribution in [0.15, 0.2) is 35.3 Å². The van der Waals surface area contributed by atoms with Gasteiger partial charge in [-0.1, -0.05) is 37.5 Å². The van der Waals surface area contributed by atoms with E-state index in [0.29, 0.717) is 6.61 Å². The van der Waals surface area contributed by atoms with Crippen LogP contribution >= 0.6 is 0 Å². The number of nitrogens with one attached hydrogen (secondary N) is 2. The average molecular weight is 289 g/mol. The van der Waals surface area contributed by atoms with E-state index in [1.54, 1.807) is 6.92 Å². The van der Waals surface area contributed by atoms with Crippen molar-refractivity contribution in [3.8, 4) is 0 Å². The van der Waals surface area contributed by atoms with Crippen LogP contribution in [0.1, 0.15) is 39.0 Å². The summed E-state index contributed by atoms with van der Waals surface area (Å²) < 4.78 is 5.06. The van der Waals surface area contributed by atoms with Gasteiger partial charge in [0.25, 0.3) is 0 Å². The molecule has 114 valence electrons. The van der Waals surface area contributed by atoms with Gasteiger partial charge in [0.2, 0.25) is 5.84 Å². The fourth-order valence-corrected chi connectivity index (χ4v) is 2.38. The van der Waals surface area contributed by atoms with E-state index in [1.165, 1.54) is 19.3 Å². The van der Waals surface area contributed by atoms with E-state index in [-0.39, 0.29) is 11.9 Å². The summed E-state index contributed by atoms with van der Waals surface area (Å²) in [6.45, 7) is 2.14. The quantitative estimate of drug-likeness (QED) is 0.387. The lowest BCUT2D eigenvalue weighted by molar-refractivity contribution is -0.135. The average Bonchev–Trinajstić information content (AvgIpc) is 2.53. The standard InChI is InChI=1S/C16H23N3O2/c1-2-21-16(20)15(17-13-9-5-3-6-10-13)19-18-14-11-7-4-8-12-14/h4,7-8,11-13,18H,2-3,5-6,9-10H2,1H3,(H,17,19). The van der Waals surface area contributed by atoms with E-state index in [9.17, 15) is 4.79 Å². The molecule has 2 rings (SSSR count). The number of rotatable bonds is 4. The number of benzene rings is 1. The summed E-state index contributed by atoms with van der Waals surface area (Å²) in [5, 5.41) is 0. The monoisotopic (exact) mass is 289 g/mol. The van der Waals surface area contributed by atoms with Crippen LogP contribution in [-0.2, 0) is 9.53 Å². The Balaban J connectivity index is 2.00. The normalized spacial score (nSPS) is 16.3. The first-order valence-corrected chi connectivity index (χ1v) is 7.61. The van der Waals surface area contributed by atoms with Crippen molar-refractivity contribution < 1.29 is 9.53 Å². The summed E-state index contributed by atoms with van der Waals surface area (Å²) in [6.07, 6.45) is 5.69. The number of hydrogen-bond acceptors (Lipinski definition) is 4. The molecule has 0 saturated heterocycles. The van der Waals surface area contributed by atoms with Gasteiger partial charge in [0.1, 0.15) is 0 Å². The predicted octanol–water partition coefficient (Wildman–Crippen LogP) is 2.90. The Morgan fingerprint density at radius 1 is 1.24 bits per heavy atom. The molecule has 5 nitrogen and oxygen atoms in total. The van der Waals surface area contributed by atoms with Crippen LogP contribution in [0.5, 0.6) is 0 Å². The molecule has 0 spiro atoms. The number of para-hydroxylation sites is 1. The zero-order valence-corrected chi connectivity index (χ0v) is 12.5. The molecule has 5 heteroatoms. The van der Waals surface area contributed by atoms with Crippen LogP contribution in [0.3, 0.4) is 0 Å². The van der Waals surface area contributed by atoms with Crippen molar-refractivity contribution in [2.75, 3.05) is 12.0 Å². The summed E-state index contributed by atoms with van der Waals surface area (Å²) in [6, 6.07) is 9.82. The van der Waals surface area contributed by atoms with E-state index in [0.717, 1.165) is 18.5 Å². The van der Waals surface area contributed by atoms with Crippen molar-refractivity contribution in [1.29, 1.82) is 0 Å². The Morgan fingerprint density at radius 2 is 1.95 bits per heavy atom. The Bertz CT molecular complexity index is 468. The molecule has 0 unspecified atom stereocenters. The lowest BCUT2D eigenvalue weighted by Crippen LogP contribution is -2.38. The van der Waals surface area contributed by atoms with Crippen LogP contribution < -0.4 is 10.9 Å². The van der Waals surface area contributed by atoms with Gasteiger partial charge in [-0.2, -0.15) is 0 Å². The molecular weight excluding hydrogens is 266 g/mol. The summed E-state index contributed by atoms with van der Waals surface area (Å²) in [4.78, 5) is 16.5. The highest BCUT2D eigenvalue weighted by Gasteiger charge is 2.18. The first-order chi connectivity index (χ1) is 10.3. The maximum Gasteiger partial charge on any atom is 0.375 e. The third-order valence-corrected chi connectivity index (χ3v) is 3.45. The van der Waals surface area contributed by atoms with Crippen LogP contribution in [-0.4, -0.2) is 24.5 Å². The number of nitrogens with zero attached hydrogens (tertiary/aromatic N) is 1. The summed E-state index contributed by atoms with van der Waals surface area (Å²) in [7, 11) is 0. The maximum atomic E-state index is 12.0. The molecule has 0 atom stereocenters. The fraction of sp³-hybridized carbons (Fsp3) is 0.500. The van der Waals surface area contributed by atoms with E-state index < -0.39 is 5.97 Å². The zero-order valence-electron chi connectivity index (χ0n) is 12.5. The lowest BCUT2D eigenvalue weighted by Gasteiger charge is -2.19. The molecule has 1 saturated carbocycles. The summed E-state index contributed by atoms with van der Waals surface area (Å²) in [5.41, 5.74) is 6.76. The van der Waals surface area contributed by atoms with E-state index in [4.69, 9.17) is 4.74 Å². The molecule has 1 aromatic carbocycles. The molecule has 0 bridgehead atoms. The van der Waals surface area contributed by atoms with Gasteiger partial charge in [0.05, 0.1) is 18.3 Å². The number of carbonyl (C=O) groups excluding carboxylic acids is 1. The molecule has 0 radical (unpaired) electrons. The largest absolute Gasteiger partial charge is 0.460 e. The molecule has 1 aromatic rings. The van der Waals surface area contributed by atoms with E-state index in [2.05, 4.69) is 15.8 Å². The Hall–Kier alpha value is -2.04. The van der Waals surface area contributed by atoms with Crippen molar-refractivity contribution in [2.45, 2.75) is 45.1 Å². The Morgan fingerprint density at radius 3 is 2.62 bits per heavy atom. The molecule has 0 aliphatic heterocycles. The Kier molecular flexibility index (Phi) is 6.06. The second kappa shape index (κ2) is 8.29. The number of ether oxygens (including phenoxy) is 1. The highest BCUT2D eigenvalue weighted by atomic mass is 16.5. The lowest BCUT2D eigenvalue weighted by atomic mass is 9.96. The third-order valence-electron chi connectivity index (χ3n) is 3.45. The van der Waals surface area contributed by atoms with Crippen molar-refractivity contribution in [3.05, 3.63) is 30.3 Å². The molecule has 2 N–H and O–H groups in total. The minimum atomic E-state index is -0.411. The fourth-order valence-electron chi connectivity index (χ4n) is 2.38. The number of hydrazine groups is 1. The number of amidine groups is 1. The predicted molar refractivity (Wildman–Crippen MR) is 84.1 cm³/mol. The molecule has 0 amide bonds. The number of carbonyl (C=O) groups is 1. The highest BCUT2D eigenvalue weighted by molar-refractivity contribution is 6.35. The first kappa shape index (κ1) is 15.4. The van der Waals surface area contributed by atoms with Gasteiger partial charge < -0.3 is 4.74 Å². The Labute approximate surface area is 125 Å². The van der Waals surface area contributed by atoms with Crippen LogP contribution in [0.4, 0.5) is 5.69 Å². The first-order valence-electron chi connectivity index (χ1n) is 7.61. The van der Waals surface area contributed by atoms with Crippen molar-refractivity contribution in [1.82, 2.24) is 5.43 Å². The van der Waals surface area contributed by atoms with Gasteiger partial charge in [-0.25, -0.2) is 4.79 Å². The second-order valence-corrected chi connectivity index (χ2v) is 5.11. The molecule has 21 heavy (non-hydrogen) atoms. The molecule has 0 heterocycles. The SMILES string of the molecule is CCOC(=O)C(=NC1CCCCC1)NNc1ccccc1. The van der Waals surface area contributed by atoms with Gasteiger partial charge >= 0.3 is 5.97 Å². The van der Waals surface area contributed by atoms with Crippen molar-refractivity contribution in [2.24, 2.45) is 4.99 Å². The van der Waals surface area contributed by atoms with Gasteiger partial charge in [0.15, 0.2) is 0 Å². The van der Waals surface area contributed by atoms with Crippen LogP contribution in [0.25, 0.3) is 0 Å². The topological polar surface area (TPSA) is 62.7 Å². The highest BCUT2D eigenvalue weighted by Crippen LogP contribution is 2.20. The summed E-state index contributed by atoms with van der Waals surface area (Å²) in [5.74, 6) is -0.154. The van der Waals surface area contributed by atoms with Crippen molar-refractivity contribution in [3.63, 3.8) is 0 Å². The molecular formula is C16H23N3O2. The minimum Gasteiger partial charge on any atom is -0.460 e. The maximum absolute atomic E-state index is 12.0. The number of anilines is 1. The second-order valence-electron chi connectivity index (χ2n) is 5.11. The zero-order chi connectivity index (χ0) is 14.9. The summed E-state index contributed by atoms with van der Waals surface area (Å²) >= 11 is 0. The molecule has 1 aliphatic carbocycles. The van der Waals surface area contributed by atoms with E-state index in [1.807, 2.05) is 30.3 Å². The van der Waals surface area contributed by atoms with Gasteiger partial charge in [-0.15, -0.1) is 0 Å². The van der Waals surface area contributed by atoms with Gasteiger partial charge in [-0.3, -0.25) is 15.8 Å². The van der Waals surface area contributed by atoms with Crippen LogP contribution in [0.2, 0.25) is 0 Å². The van der Waals surface area contributed by atoms with Gasteiger partial charge in [-0.05, 0) is 31.9 Å². The smallest absolute Gasteiger partial charge is 0.375 e.